The van der Waals surface area contributed by atoms with Crippen LogP contribution in [0.5, 0.6) is 0 Å². The van der Waals surface area contributed by atoms with Gasteiger partial charge in [-0.1, -0.05) is 58.0 Å². The fourth-order valence-electron chi connectivity index (χ4n) is 1.37. The molecule has 0 aliphatic rings. The average Bonchev–Trinajstić information content (AvgIpc) is 2.63. The Balaban J connectivity index is 2.29. The summed E-state index contributed by atoms with van der Waals surface area (Å²) in [6.07, 6.45) is 1.64. The lowest BCUT2D eigenvalue weighted by Crippen LogP contribution is -2.05. The summed E-state index contributed by atoms with van der Waals surface area (Å²) in [7, 11) is 0. The molecule has 7 heteroatoms. The van der Waals surface area contributed by atoms with E-state index in [0.29, 0.717) is 27.3 Å². The Labute approximate surface area is 129 Å². The summed E-state index contributed by atoms with van der Waals surface area (Å²) in [4.78, 5) is 4.09. The first-order valence-electron chi connectivity index (χ1n) is 4.82. The molecule has 0 atom stereocenters. The molecule has 2 nitrogen and oxygen atoms in total. The molecule has 1 aromatic carbocycles. The first-order chi connectivity index (χ1) is 8.35. The molecule has 2 rings (SSSR count). The van der Waals surface area contributed by atoms with Gasteiger partial charge < -0.3 is 4.42 Å². The minimum atomic E-state index is -1.42. The molecule has 18 heavy (non-hydrogen) atoms. The molecule has 0 saturated heterocycles. The zero-order valence-corrected chi connectivity index (χ0v) is 12.5. The molecule has 1 heterocycles. The van der Waals surface area contributed by atoms with E-state index in [1.54, 1.807) is 18.2 Å². The van der Waals surface area contributed by atoms with Crippen LogP contribution in [-0.4, -0.2) is 8.78 Å². The lowest BCUT2D eigenvalue weighted by atomic mass is 10.2. The second kappa shape index (κ2) is 5.48. The molecule has 0 fully saturated rings. The zero-order valence-electron chi connectivity index (χ0n) is 8.76. The van der Waals surface area contributed by atoms with Crippen LogP contribution in [0.25, 0.3) is 11.5 Å². The summed E-state index contributed by atoms with van der Waals surface area (Å²) >= 11 is 28.9. The lowest BCUT2D eigenvalue weighted by molar-refractivity contribution is 0.519. The maximum Gasteiger partial charge on any atom is 0.227 e. The van der Waals surface area contributed by atoms with Crippen molar-refractivity contribution in [1.29, 1.82) is 0 Å². The Morgan fingerprint density at radius 2 is 1.89 bits per heavy atom. The number of benzene rings is 1. The van der Waals surface area contributed by atoms with Gasteiger partial charge in [0.1, 0.15) is 5.76 Å². The standard InChI is InChI=1S/C11H6Cl5NO/c12-6-1-2-8(9(13)3-6)10-17-5-7(18-10)4-11(14,15)16/h1-3,5H,4H2. The number of hydrogen-bond acceptors (Lipinski definition) is 2. The maximum atomic E-state index is 6.04. The molecule has 0 aliphatic heterocycles. The number of hydrogen-bond donors (Lipinski definition) is 0. The fourth-order valence-corrected chi connectivity index (χ4v) is 2.26. The summed E-state index contributed by atoms with van der Waals surface area (Å²) in [6.45, 7) is 0. The van der Waals surface area contributed by atoms with E-state index >= 15 is 0 Å². The number of oxazole rings is 1. The van der Waals surface area contributed by atoms with Crippen LogP contribution in [0.2, 0.25) is 10.0 Å². The highest BCUT2D eigenvalue weighted by Crippen LogP contribution is 2.33. The zero-order chi connectivity index (χ0) is 13.3. The van der Waals surface area contributed by atoms with Gasteiger partial charge in [-0.2, -0.15) is 0 Å². The summed E-state index contributed by atoms with van der Waals surface area (Å²) in [5.41, 5.74) is 0.636. The van der Waals surface area contributed by atoms with Gasteiger partial charge in [-0.15, -0.1) is 0 Å². The quantitative estimate of drug-likeness (QED) is 0.666. The smallest absolute Gasteiger partial charge is 0.227 e. The fraction of sp³-hybridized carbons (Fsp3) is 0.182. The Kier molecular flexibility index (Phi) is 4.35. The second-order valence-electron chi connectivity index (χ2n) is 3.55. The van der Waals surface area contributed by atoms with E-state index in [4.69, 9.17) is 62.4 Å². The third-order valence-corrected chi connectivity index (χ3v) is 3.04. The van der Waals surface area contributed by atoms with Crippen LogP contribution in [0.15, 0.2) is 28.8 Å². The third kappa shape index (κ3) is 3.69. The number of nitrogens with zero attached hydrogens (tertiary/aromatic N) is 1. The first kappa shape index (κ1) is 14.3. The van der Waals surface area contributed by atoms with E-state index in [-0.39, 0.29) is 6.42 Å². The van der Waals surface area contributed by atoms with Gasteiger partial charge in [-0.05, 0) is 18.2 Å². The van der Waals surface area contributed by atoms with E-state index in [1.807, 2.05) is 0 Å². The molecule has 0 radical (unpaired) electrons. The van der Waals surface area contributed by atoms with Gasteiger partial charge in [0.15, 0.2) is 3.79 Å². The molecule has 0 unspecified atom stereocenters. The summed E-state index contributed by atoms with van der Waals surface area (Å²) in [6, 6.07) is 5.02. The molecule has 0 amide bonds. The largest absolute Gasteiger partial charge is 0.441 e. The highest BCUT2D eigenvalue weighted by Gasteiger charge is 2.23. The van der Waals surface area contributed by atoms with Gasteiger partial charge in [0.05, 0.1) is 23.2 Å². The van der Waals surface area contributed by atoms with E-state index in [1.165, 1.54) is 6.20 Å². The number of halogens is 5. The van der Waals surface area contributed by atoms with Gasteiger partial charge in [0.25, 0.3) is 0 Å². The van der Waals surface area contributed by atoms with Crippen molar-refractivity contribution in [3.05, 3.63) is 40.2 Å². The van der Waals surface area contributed by atoms with Gasteiger partial charge in [0.2, 0.25) is 5.89 Å². The molecule has 1 aromatic heterocycles. The van der Waals surface area contributed by atoms with Crippen molar-refractivity contribution in [3.8, 4) is 11.5 Å². The van der Waals surface area contributed by atoms with Crippen LogP contribution in [0.4, 0.5) is 0 Å². The molecule has 96 valence electrons. The van der Waals surface area contributed by atoms with Crippen LogP contribution in [-0.2, 0) is 6.42 Å². The van der Waals surface area contributed by atoms with Crippen molar-refractivity contribution in [1.82, 2.24) is 4.98 Å². The van der Waals surface area contributed by atoms with Crippen molar-refractivity contribution in [3.63, 3.8) is 0 Å². The molecular formula is C11H6Cl5NO. The minimum Gasteiger partial charge on any atom is -0.441 e. The maximum absolute atomic E-state index is 6.04. The van der Waals surface area contributed by atoms with Crippen LogP contribution < -0.4 is 0 Å². The van der Waals surface area contributed by atoms with Crippen LogP contribution in [0, 0.1) is 0 Å². The Bertz CT molecular complexity index is 561. The normalized spacial score (nSPS) is 11.8. The van der Waals surface area contributed by atoms with Crippen LogP contribution in [0.1, 0.15) is 5.76 Å². The van der Waals surface area contributed by atoms with Crippen molar-refractivity contribution < 1.29 is 4.42 Å². The average molecular weight is 345 g/mol. The van der Waals surface area contributed by atoms with Gasteiger partial charge in [-0.25, -0.2) is 4.98 Å². The van der Waals surface area contributed by atoms with E-state index in [2.05, 4.69) is 4.98 Å². The topological polar surface area (TPSA) is 26.0 Å². The predicted molar refractivity (Wildman–Crippen MR) is 76.0 cm³/mol. The Hall–Kier alpha value is -0.120. The molecule has 2 aromatic rings. The van der Waals surface area contributed by atoms with Gasteiger partial charge in [-0.3, -0.25) is 0 Å². The van der Waals surface area contributed by atoms with Gasteiger partial charge >= 0.3 is 0 Å². The monoisotopic (exact) mass is 343 g/mol. The first-order valence-corrected chi connectivity index (χ1v) is 6.71. The summed E-state index contributed by atoms with van der Waals surface area (Å²) < 4.78 is 4.06. The SMILES string of the molecule is Clc1ccc(-c2ncc(CC(Cl)(Cl)Cl)o2)c(Cl)c1. The van der Waals surface area contributed by atoms with Crippen molar-refractivity contribution in [2.75, 3.05) is 0 Å². The van der Waals surface area contributed by atoms with Crippen LogP contribution in [0.3, 0.4) is 0 Å². The molecule has 0 bridgehead atoms. The third-order valence-electron chi connectivity index (χ3n) is 2.09. The highest BCUT2D eigenvalue weighted by atomic mass is 35.6. The van der Waals surface area contributed by atoms with E-state index in [9.17, 15) is 0 Å². The molecule has 0 aliphatic carbocycles. The lowest BCUT2D eigenvalue weighted by Gasteiger charge is -2.06. The number of aromatic nitrogens is 1. The van der Waals surface area contributed by atoms with Crippen LogP contribution >= 0.6 is 58.0 Å². The van der Waals surface area contributed by atoms with Crippen molar-refractivity contribution >= 4 is 58.0 Å². The Morgan fingerprint density at radius 1 is 1.17 bits per heavy atom. The molecule has 0 spiro atoms. The Morgan fingerprint density at radius 3 is 2.50 bits per heavy atom. The minimum absolute atomic E-state index is 0.135. The van der Waals surface area contributed by atoms with Crippen molar-refractivity contribution in [2.45, 2.75) is 10.2 Å². The second-order valence-corrected chi connectivity index (χ2v) is 6.91. The van der Waals surface area contributed by atoms with E-state index < -0.39 is 3.79 Å². The molecule has 0 N–H and O–H groups in total. The van der Waals surface area contributed by atoms with Crippen molar-refractivity contribution in [2.24, 2.45) is 0 Å². The number of alkyl halides is 3. The summed E-state index contributed by atoms with van der Waals surface area (Å²) in [5, 5.41) is 0.988. The summed E-state index contributed by atoms with van der Waals surface area (Å²) in [5.74, 6) is 0.830. The van der Waals surface area contributed by atoms with E-state index in [0.717, 1.165) is 0 Å². The highest BCUT2D eigenvalue weighted by molar-refractivity contribution is 6.67. The van der Waals surface area contributed by atoms with Gasteiger partial charge in [0, 0.05) is 5.02 Å². The molecular weight excluding hydrogens is 339 g/mol. The predicted octanol–water partition coefficient (Wildman–Crippen LogP) is 5.56. The number of rotatable bonds is 2. The molecule has 0 saturated carbocycles.